The molecule has 1 heterocycles. The SMILES string of the molecule is FCCOn1nnc2ccccc21. The van der Waals surface area contributed by atoms with Crippen molar-refractivity contribution in [2.24, 2.45) is 0 Å². The van der Waals surface area contributed by atoms with Crippen molar-refractivity contribution in [2.45, 2.75) is 0 Å². The maximum atomic E-state index is 11.8. The zero-order chi connectivity index (χ0) is 9.10. The van der Waals surface area contributed by atoms with E-state index in [1.165, 1.54) is 4.85 Å². The van der Waals surface area contributed by atoms with E-state index in [-0.39, 0.29) is 6.61 Å². The van der Waals surface area contributed by atoms with Crippen LogP contribution in [0.5, 0.6) is 0 Å². The van der Waals surface area contributed by atoms with Gasteiger partial charge in [-0.2, -0.15) is 0 Å². The number of alkyl halides is 1. The van der Waals surface area contributed by atoms with E-state index < -0.39 is 6.67 Å². The first-order valence-electron chi connectivity index (χ1n) is 3.91. The summed E-state index contributed by atoms with van der Waals surface area (Å²) in [6.07, 6.45) is 0. The first-order valence-corrected chi connectivity index (χ1v) is 3.91. The average Bonchev–Trinajstić information content (AvgIpc) is 2.58. The summed E-state index contributed by atoms with van der Waals surface area (Å²) in [5.74, 6) is 0. The number of fused-ring (bicyclic) bond motifs is 1. The lowest BCUT2D eigenvalue weighted by Gasteiger charge is -2.00. The van der Waals surface area contributed by atoms with E-state index in [0.29, 0.717) is 0 Å². The molecule has 0 N–H and O–H groups in total. The number of hydrogen-bond donors (Lipinski definition) is 0. The van der Waals surface area contributed by atoms with Gasteiger partial charge in [0.05, 0.1) is 0 Å². The largest absolute Gasteiger partial charge is 0.392 e. The van der Waals surface area contributed by atoms with Gasteiger partial charge in [0.15, 0.2) is 0 Å². The molecule has 0 spiro atoms. The lowest BCUT2D eigenvalue weighted by Crippen LogP contribution is -2.15. The van der Waals surface area contributed by atoms with Gasteiger partial charge in [-0.3, -0.25) is 0 Å². The molecule has 1 aromatic carbocycles. The molecule has 4 nitrogen and oxygen atoms in total. The van der Waals surface area contributed by atoms with Crippen LogP contribution in [0.3, 0.4) is 0 Å². The molecule has 1 aromatic heterocycles. The van der Waals surface area contributed by atoms with Crippen molar-refractivity contribution in [1.29, 1.82) is 0 Å². The fourth-order valence-corrected chi connectivity index (χ4v) is 1.06. The minimum Gasteiger partial charge on any atom is -0.392 e. The number of aromatic nitrogens is 3. The Kier molecular flexibility index (Phi) is 2.08. The van der Waals surface area contributed by atoms with Crippen molar-refractivity contribution in [2.75, 3.05) is 13.3 Å². The van der Waals surface area contributed by atoms with Gasteiger partial charge < -0.3 is 4.84 Å². The maximum Gasteiger partial charge on any atom is 0.145 e. The highest BCUT2D eigenvalue weighted by Gasteiger charge is 2.02. The Morgan fingerprint density at radius 1 is 1.38 bits per heavy atom. The van der Waals surface area contributed by atoms with E-state index in [1.807, 2.05) is 24.3 Å². The van der Waals surface area contributed by atoms with E-state index in [4.69, 9.17) is 4.84 Å². The second kappa shape index (κ2) is 3.38. The number of nitrogens with zero attached hydrogens (tertiary/aromatic N) is 3. The van der Waals surface area contributed by atoms with Crippen LogP contribution in [0, 0.1) is 0 Å². The van der Waals surface area contributed by atoms with Crippen molar-refractivity contribution in [3.05, 3.63) is 24.3 Å². The molecule has 0 atom stereocenters. The third kappa shape index (κ3) is 1.44. The molecule has 0 bridgehead atoms. The smallest absolute Gasteiger partial charge is 0.145 e. The lowest BCUT2D eigenvalue weighted by atomic mass is 10.3. The van der Waals surface area contributed by atoms with Crippen LogP contribution in [0.1, 0.15) is 0 Å². The zero-order valence-corrected chi connectivity index (χ0v) is 6.85. The fraction of sp³-hybridized carbons (Fsp3) is 0.250. The molecule has 0 aliphatic rings. The highest BCUT2D eigenvalue weighted by atomic mass is 19.1. The minimum absolute atomic E-state index is 0.00659. The standard InChI is InChI=1S/C8H8FN3O/c9-5-6-13-12-8-4-2-1-3-7(8)10-11-12/h1-4H,5-6H2. The molecule has 0 fully saturated rings. The van der Waals surface area contributed by atoms with Crippen LogP contribution in [0.25, 0.3) is 11.0 Å². The Bertz CT molecular complexity index is 401. The van der Waals surface area contributed by atoms with Gasteiger partial charge in [0.1, 0.15) is 24.3 Å². The molecule has 2 rings (SSSR count). The average molecular weight is 181 g/mol. The predicted octanol–water partition coefficient (Wildman–Crippen LogP) is 0.829. The maximum absolute atomic E-state index is 11.8. The van der Waals surface area contributed by atoms with Crippen LogP contribution in [-0.4, -0.2) is 28.4 Å². The number of benzene rings is 1. The van der Waals surface area contributed by atoms with Crippen LogP contribution in [0.2, 0.25) is 0 Å². The molecule has 0 unspecified atom stereocenters. The second-order valence-corrected chi connectivity index (χ2v) is 2.47. The van der Waals surface area contributed by atoms with Gasteiger partial charge in [0.2, 0.25) is 0 Å². The highest BCUT2D eigenvalue weighted by Crippen LogP contribution is 2.07. The van der Waals surface area contributed by atoms with Gasteiger partial charge in [-0.05, 0) is 17.3 Å². The van der Waals surface area contributed by atoms with Crippen LogP contribution < -0.4 is 4.84 Å². The normalized spacial score (nSPS) is 10.5. The molecule has 2 aromatic rings. The molecular formula is C8H8FN3O. The first-order chi connectivity index (χ1) is 6.42. The third-order valence-corrected chi connectivity index (χ3v) is 1.61. The lowest BCUT2D eigenvalue weighted by molar-refractivity contribution is 0.0769. The Hall–Kier alpha value is -1.65. The summed E-state index contributed by atoms with van der Waals surface area (Å²) >= 11 is 0. The number of para-hydroxylation sites is 1. The molecule has 0 aliphatic carbocycles. The van der Waals surface area contributed by atoms with Gasteiger partial charge in [0, 0.05) is 0 Å². The highest BCUT2D eigenvalue weighted by molar-refractivity contribution is 5.73. The molecule has 0 saturated heterocycles. The fourth-order valence-electron chi connectivity index (χ4n) is 1.06. The molecule has 68 valence electrons. The number of hydrogen-bond acceptors (Lipinski definition) is 3. The van der Waals surface area contributed by atoms with E-state index in [9.17, 15) is 4.39 Å². The predicted molar refractivity (Wildman–Crippen MR) is 45.0 cm³/mol. The van der Waals surface area contributed by atoms with E-state index in [2.05, 4.69) is 10.3 Å². The topological polar surface area (TPSA) is 39.9 Å². The number of halogens is 1. The monoisotopic (exact) mass is 181 g/mol. The second-order valence-electron chi connectivity index (χ2n) is 2.47. The Labute approximate surface area is 73.9 Å². The van der Waals surface area contributed by atoms with Crippen molar-refractivity contribution in [3.8, 4) is 0 Å². The third-order valence-electron chi connectivity index (χ3n) is 1.61. The van der Waals surface area contributed by atoms with E-state index >= 15 is 0 Å². The van der Waals surface area contributed by atoms with Crippen molar-refractivity contribution < 1.29 is 9.23 Å². The van der Waals surface area contributed by atoms with Gasteiger partial charge in [0.25, 0.3) is 0 Å². The Balaban J connectivity index is 2.35. The summed E-state index contributed by atoms with van der Waals surface area (Å²) in [6, 6.07) is 7.34. The summed E-state index contributed by atoms with van der Waals surface area (Å²) in [7, 11) is 0. The summed E-state index contributed by atoms with van der Waals surface area (Å²) < 4.78 is 11.8. The molecule has 0 saturated carbocycles. The van der Waals surface area contributed by atoms with E-state index in [0.717, 1.165) is 11.0 Å². The summed E-state index contributed by atoms with van der Waals surface area (Å²) in [4.78, 5) is 6.21. The molecule has 0 amide bonds. The molecule has 5 heteroatoms. The summed E-state index contributed by atoms with van der Waals surface area (Å²) in [5.41, 5.74) is 1.48. The molecule has 0 radical (unpaired) electrons. The van der Waals surface area contributed by atoms with Crippen LogP contribution in [0.15, 0.2) is 24.3 Å². The van der Waals surface area contributed by atoms with Gasteiger partial charge in [-0.25, -0.2) is 4.39 Å². The Morgan fingerprint density at radius 2 is 2.23 bits per heavy atom. The van der Waals surface area contributed by atoms with Crippen LogP contribution in [0.4, 0.5) is 4.39 Å². The van der Waals surface area contributed by atoms with E-state index in [1.54, 1.807) is 0 Å². The molecule has 13 heavy (non-hydrogen) atoms. The van der Waals surface area contributed by atoms with Gasteiger partial charge in [-0.15, -0.1) is 5.10 Å². The zero-order valence-electron chi connectivity index (χ0n) is 6.85. The molecular weight excluding hydrogens is 173 g/mol. The Morgan fingerprint density at radius 3 is 3.08 bits per heavy atom. The molecule has 0 aliphatic heterocycles. The van der Waals surface area contributed by atoms with Gasteiger partial charge in [-0.1, -0.05) is 17.0 Å². The quantitative estimate of drug-likeness (QED) is 0.704. The van der Waals surface area contributed by atoms with Crippen LogP contribution in [-0.2, 0) is 0 Å². The van der Waals surface area contributed by atoms with Crippen molar-refractivity contribution in [3.63, 3.8) is 0 Å². The summed E-state index contributed by atoms with van der Waals surface area (Å²) in [5, 5.41) is 7.55. The van der Waals surface area contributed by atoms with Crippen molar-refractivity contribution >= 4 is 11.0 Å². The van der Waals surface area contributed by atoms with Gasteiger partial charge >= 0.3 is 0 Å². The minimum atomic E-state index is -0.534. The van der Waals surface area contributed by atoms with Crippen LogP contribution >= 0.6 is 0 Å². The summed E-state index contributed by atoms with van der Waals surface area (Å²) in [6.45, 7) is -0.540. The van der Waals surface area contributed by atoms with Crippen molar-refractivity contribution in [1.82, 2.24) is 15.2 Å². The first kappa shape index (κ1) is 7.97. The number of rotatable bonds is 3.